The number of fused-ring (bicyclic) bond motifs is 1. The van der Waals surface area contributed by atoms with Crippen LogP contribution >= 0.6 is 0 Å². The summed E-state index contributed by atoms with van der Waals surface area (Å²) < 4.78 is 0. The molecule has 18 heavy (non-hydrogen) atoms. The van der Waals surface area contributed by atoms with Crippen molar-refractivity contribution >= 4 is 22.3 Å². The van der Waals surface area contributed by atoms with Crippen molar-refractivity contribution in [3.8, 4) is 0 Å². The molecule has 94 valence electrons. The number of aromatic nitrogens is 1. The highest BCUT2D eigenvalue weighted by molar-refractivity contribution is 5.97. The summed E-state index contributed by atoms with van der Waals surface area (Å²) in [5.41, 5.74) is 8.26. The lowest BCUT2D eigenvalue weighted by atomic mass is 10.1. The van der Waals surface area contributed by atoms with E-state index in [9.17, 15) is 5.11 Å². The minimum atomic E-state index is -0.615. The van der Waals surface area contributed by atoms with Crippen LogP contribution in [0.4, 0.5) is 11.4 Å². The first kappa shape index (κ1) is 11.3. The molecule has 0 aliphatic carbocycles. The third-order valence-corrected chi connectivity index (χ3v) is 3.60. The number of hydrogen-bond donors (Lipinski definition) is 2. The van der Waals surface area contributed by atoms with Crippen molar-refractivity contribution < 1.29 is 5.11 Å². The Balaban J connectivity index is 2.06. The third kappa shape index (κ3) is 1.78. The molecule has 3 N–H and O–H groups in total. The van der Waals surface area contributed by atoms with Crippen molar-refractivity contribution in [2.75, 3.05) is 23.7 Å². The lowest BCUT2D eigenvalue weighted by molar-refractivity contribution is 0.0839. The first-order valence-corrected chi connectivity index (χ1v) is 6.17. The molecule has 1 atom stereocenters. The molecule has 0 spiro atoms. The van der Waals surface area contributed by atoms with Crippen LogP contribution in [0, 0.1) is 0 Å². The van der Waals surface area contributed by atoms with Gasteiger partial charge in [-0.15, -0.1) is 0 Å². The molecule has 0 amide bonds. The van der Waals surface area contributed by atoms with Gasteiger partial charge in [0.2, 0.25) is 0 Å². The van der Waals surface area contributed by atoms with Gasteiger partial charge in [-0.05, 0) is 37.6 Å². The molecule has 2 heterocycles. The SMILES string of the molecule is CC1(O)CCN(c2ccc3ncccc3c2N)C1. The van der Waals surface area contributed by atoms with E-state index in [2.05, 4.69) is 9.88 Å². The maximum Gasteiger partial charge on any atom is 0.0810 e. The number of aliphatic hydroxyl groups is 1. The van der Waals surface area contributed by atoms with Crippen molar-refractivity contribution in [3.05, 3.63) is 30.5 Å². The lowest BCUT2D eigenvalue weighted by Gasteiger charge is -2.23. The predicted octanol–water partition coefficient (Wildman–Crippen LogP) is 1.78. The average Bonchev–Trinajstić information content (AvgIpc) is 2.70. The van der Waals surface area contributed by atoms with Gasteiger partial charge in [0, 0.05) is 24.7 Å². The van der Waals surface area contributed by atoms with Gasteiger partial charge < -0.3 is 15.7 Å². The molecule has 4 nitrogen and oxygen atoms in total. The number of nitrogens with two attached hydrogens (primary N) is 1. The first-order chi connectivity index (χ1) is 8.57. The minimum absolute atomic E-state index is 0.615. The van der Waals surface area contributed by atoms with Gasteiger partial charge in [-0.1, -0.05) is 0 Å². The van der Waals surface area contributed by atoms with Gasteiger partial charge in [0.05, 0.1) is 22.5 Å². The van der Waals surface area contributed by atoms with Crippen LogP contribution in [0.15, 0.2) is 30.5 Å². The van der Waals surface area contributed by atoms with Crippen molar-refractivity contribution in [1.82, 2.24) is 4.98 Å². The molecule has 0 bridgehead atoms. The standard InChI is InChI=1S/C14H17N3O/c1-14(18)6-8-17(9-14)12-5-4-11-10(13(12)15)3-2-7-16-11/h2-5,7,18H,6,8-9,15H2,1H3. The predicted molar refractivity (Wildman–Crippen MR) is 73.6 cm³/mol. The van der Waals surface area contributed by atoms with Gasteiger partial charge in [-0.2, -0.15) is 0 Å². The fourth-order valence-electron chi connectivity index (χ4n) is 2.59. The van der Waals surface area contributed by atoms with E-state index in [0.29, 0.717) is 6.54 Å². The van der Waals surface area contributed by atoms with E-state index in [-0.39, 0.29) is 0 Å². The summed E-state index contributed by atoms with van der Waals surface area (Å²) in [6, 6.07) is 7.85. The molecule has 1 aliphatic rings. The highest BCUT2D eigenvalue weighted by Gasteiger charge is 2.32. The summed E-state index contributed by atoms with van der Waals surface area (Å²) in [6.45, 7) is 3.33. The fourth-order valence-corrected chi connectivity index (χ4v) is 2.59. The van der Waals surface area contributed by atoms with Crippen LogP contribution in [0.1, 0.15) is 13.3 Å². The van der Waals surface area contributed by atoms with E-state index in [1.165, 1.54) is 0 Å². The molecule has 0 radical (unpaired) electrons. The molecule has 1 fully saturated rings. The molecule has 1 unspecified atom stereocenters. The highest BCUT2D eigenvalue weighted by Crippen LogP contribution is 2.34. The maximum absolute atomic E-state index is 10.0. The largest absolute Gasteiger partial charge is 0.396 e. The third-order valence-electron chi connectivity index (χ3n) is 3.60. The number of pyridine rings is 1. The molecular formula is C14H17N3O. The molecule has 2 aromatic rings. The van der Waals surface area contributed by atoms with Crippen molar-refractivity contribution in [2.45, 2.75) is 18.9 Å². The minimum Gasteiger partial charge on any atom is -0.396 e. The van der Waals surface area contributed by atoms with Crippen LogP contribution in [0.2, 0.25) is 0 Å². The second-order valence-corrected chi connectivity index (χ2v) is 5.24. The van der Waals surface area contributed by atoms with Crippen LogP contribution in [0.25, 0.3) is 10.9 Å². The average molecular weight is 243 g/mol. The quantitative estimate of drug-likeness (QED) is 0.749. The van der Waals surface area contributed by atoms with Gasteiger partial charge in [0.25, 0.3) is 0 Å². The number of anilines is 2. The van der Waals surface area contributed by atoms with Crippen molar-refractivity contribution in [2.24, 2.45) is 0 Å². The van der Waals surface area contributed by atoms with E-state index < -0.39 is 5.60 Å². The molecule has 1 aliphatic heterocycles. The van der Waals surface area contributed by atoms with E-state index in [1.54, 1.807) is 6.20 Å². The number of benzene rings is 1. The van der Waals surface area contributed by atoms with Gasteiger partial charge in [0.15, 0.2) is 0 Å². The Kier molecular flexibility index (Phi) is 2.41. The number of β-amino-alcohol motifs (C(OH)–C–C–N with tert-alkyl or cyclic N) is 1. The van der Waals surface area contributed by atoms with Gasteiger partial charge >= 0.3 is 0 Å². The van der Waals surface area contributed by atoms with Crippen molar-refractivity contribution in [3.63, 3.8) is 0 Å². The summed E-state index contributed by atoms with van der Waals surface area (Å²) in [4.78, 5) is 6.43. The molecule has 0 saturated carbocycles. The number of nitrogen functional groups attached to an aromatic ring is 1. The summed E-state index contributed by atoms with van der Waals surface area (Å²) in [5.74, 6) is 0. The molecule has 1 aromatic heterocycles. The summed E-state index contributed by atoms with van der Waals surface area (Å²) in [5, 5.41) is 11.0. The van der Waals surface area contributed by atoms with Crippen LogP contribution in [0.5, 0.6) is 0 Å². The van der Waals surface area contributed by atoms with E-state index in [4.69, 9.17) is 5.73 Å². The Morgan fingerprint density at radius 3 is 2.94 bits per heavy atom. The smallest absolute Gasteiger partial charge is 0.0810 e. The molecule has 1 aromatic carbocycles. The van der Waals surface area contributed by atoms with Gasteiger partial charge in [0.1, 0.15) is 0 Å². The normalized spacial score (nSPS) is 23.8. The summed E-state index contributed by atoms with van der Waals surface area (Å²) >= 11 is 0. The second-order valence-electron chi connectivity index (χ2n) is 5.24. The second kappa shape index (κ2) is 3.85. The highest BCUT2D eigenvalue weighted by atomic mass is 16.3. The van der Waals surface area contributed by atoms with Crippen LogP contribution < -0.4 is 10.6 Å². The Bertz CT molecular complexity index is 595. The zero-order valence-electron chi connectivity index (χ0n) is 10.4. The zero-order valence-corrected chi connectivity index (χ0v) is 10.4. The Morgan fingerprint density at radius 1 is 1.39 bits per heavy atom. The summed E-state index contributed by atoms with van der Waals surface area (Å²) in [6.07, 6.45) is 2.54. The Morgan fingerprint density at radius 2 is 2.22 bits per heavy atom. The van der Waals surface area contributed by atoms with Crippen molar-refractivity contribution in [1.29, 1.82) is 0 Å². The number of rotatable bonds is 1. The number of hydrogen-bond acceptors (Lipinski definition) is 4. The Hall–Kier alpha value is -1.81. The maximum atomic E-state index is 10.0. The number of nitrogens with zero attached hydrogens (tertiary/aromatic N) is 2. The topological polar surface area (TPSA) is 62.4 Å². The summed E-state index contributed by atoms with van der Waals surface area (Å²) in [7, 11) is 0. The molecule has 4 heteroatoms. The van der Waals surface area contributed by atoms with Gasteiger partial charge in [-0.3, -0.25) is 4.98 Å². The van der Waals surface area contributed by atoms with Crippen LogP contribution in [-0.4, -0.2) is 28.8 Å². The monoisotopic (exact) mass is 243 g/mol. The molecular weight excluding hydrogens is 226 g/mol. The van der Waals surface area contributed by atoms with E-state index >= 15 is 0 Å². The molecule has 1 saturated heterocycles. The van der Waals surface area contributed by atoms with E-state index in [0.717, 1.165) is 35.2 Å². The fraction of sp³-hybridized carbons (Fsp3) is 0.357. The molecule has 3 rings (SSSR count). The van der Waals surface area contributed by atoms with Gasteiger partial charge in [-0.25, -0.2) is 0 Å². The first-order valence-electron chi connectivity index (χ1n) is 6.17. The zero-order chi connectivity index (χ0) is 12.8. The van der Waals surface area contributed by atoms with E-state index in [1.807, 2.05) is 31.2 Å². The Labute approximate surface area is 106 Å². The van der Waals surface area contributed by atoms with Crippen LogP contribution in [-0.2, 0) is 0 Å². The van der Waals surface area contributed by atoms with Crippen LogP contribution in [0.3, 0.4) is 0 Å². The lowest BCUT2D eigenvalue weighted by Crippen LogP contribution is -2.29.